The van der Waals surface area contributed by atoms with Crippen molar-refractivity contribution in [2.75, 3.05) is 0 Å². The van der Waals surface area contributed by atoms with Crippen LogP contribution < -0.4 is 0 Å². The third-order valence-electron chi connectivity index (χ3n) is 3.98. The molecule has 0 fully saturated rings. The van der Waals surface area contributed by atoms with Crippen LogP contribution in [0.3, 0.4) is 0 Å². The average molecular weight is 356 g/mol. The monoisotopic (exact) mass is 355 g/mol. The maximum Gasteiger partial charge on any atom is -0.147 e. The fraction of sp³-hybridized carbons (Fsp3) is 0.944. The van der Waals surface area contributed by atoms with Gasteiger partial charge < -0.3 is 0 Å². The van der Waals surface area contributed by atoms with Gasteiger partial charge in [-0.05, 0) is 0 Å². The van der Waals surface area contributed by atoms with Crippen molar-refractivity contribution in [2.45, 2.75) is 110 Å². The van der Waals surface area contributed by atoms with Gasteiger partial charge in [0.25, 0.3) is 0 Å². The van der Waals surface area contributed by atoms with E-state index >= 15 is 0 Å². The molecule has 3 heteroatoms. The molecule has 0 rings (SSSR count). The number of hydrogen-bond acceptors (Lipinski definition) is 1. The van der Waals surface area contributed by atoms with Crippen LogP contribution in [-0.2, 0) is 21.1 Å². The van der Waals surface area contributed by atoms with Crippen LogP contribution in [0, 0.1) is 0 Å². The second kappa shape index (κ2) is 20.5. The number of halogens is 1. The van der Waals surface area contributed by atoms with Crippen molar-refractivity contribution in [2.24, 2.45) is 0 Å². The maximum atomic E-state index is 10.7. The van der Waals surface area contributed by atoms with E-state index in [1.807, 2.05) is 0 Å². The maximum absolute atomic E-state index is 10.7. The first-order chi connectivity index (χ1) is 9.77. The third-order valence-corrected chi connectivity index (χ3v) is 4.30. The second-order valence-corrected chi connectivity index (χ2v) is 6.78. The minimum absolute atomic E-state index is 0. The molecule has 0 unspecified atom stereocenters. The van der Waals surface area contributed by atoms with Crippen molar-refractivity contribution in [1.29, 1.82) is 0 Å². The Morgan fingerprint density at radius 3 is 1.19 bits per heavy atom. The molecule has 0 amide bonds. The summed E-state index contributed by atoms with van der Waals surface area (Å²) in [5, 5.41) is 0. The van der Waals surface area contributed by atoms with E-state index in [2.05, 4.69) is 23.2 Å². The molecular formula is C18H36ClCrO. The summed E-state index contributed by atoms with van der Waals surface area (Å²) in [6.45, 7) is 2.28. The molecule has 0 radical (unpaired) electrons. The predicted molar refractivity (Wildman–Crippen MR) is 91.8 cm³/mol. The van der Waals surface area contributed by atoms with E-state index in [9.17, 15) is 4.79 Å². The largest absolute Gasteiger partial charge is 0.147 e. The van der Waals surface area contributed by atoms with Crippen molar-refractivity contribution >= 4 is 17.1 Å². The van der Waals surface area contributed by atoms with Crippen molar-refractivity contribution in [1.82, 2.24) is 0 Å². The van der Waals surface area contributed by atoms with Gasteiger partial charge in [0.15, 0.2) is 0 Å². The first-order valence-electron chi connectivity index (χ1n) is 8.97. The van der Waals surface area contributed by atoms with Crippen molar-refractivity contribution in [3.05, 3.63) is 0 Å². The fourth-order valence-electron chi connectivity index (χ4n) is 2.64. The first kappa shape index (κ1) is 23.8. The zero-order valence-corrected chi connectivity index (χ0v) is 16.1. The number of rotatable bonds is 16. The summed E-state index contributed by atoms with van der Waals surface area (Å²) in [4.78, 5) is 10.7. The van der Waals surface area contributed by atoms with Gasteiger partial charge in [-0.3, -0.25) is 0 Å². The van der Waals surface area contributed by atoms with Gasteiger partial charge in [-0.2, -0.15) is 0 Å². The molecule has 0 saturated carbocycles. The second-order valence-electron chi connectivity index (χ2n) is 6.07. The SMILES string of the molecule is CCCCCCCCCCCCCCCCC[C](=O)[Cr].Cl. The van der Waals surface area contributed by atoms with Gasteiger partial charge in [-0.1, -0.05) is 39.0 Å². The Hall–Kier alpha value is 0.492. The molecule has 21 heavy (non-hydrogen) atoms. The summed E-state index contributed by atoms with van der Waals surface area (Å²) in [6.07, 6.45) is 21.4. The number of carbonyl (C=O) groups excluding carboxylic acids is 1. The molecule has 1 nitrogen and oxygen atoms in total. The van der Waals surface area contributed by atoms with Gasteiger partial charge in [0.05, 0.1) is 0 Å². The predicted octanol–water partition coefficient (Wildman–Crippen LogP) is 6.74. The Labute approximate surface area is 147 Å². The van der Waals surface area contributed by atoms with Crippen LogP contribution in [0.15, 0.2) is 0 Å². The van der Waals surface area contributed by atoms with Crippen molar-refractivity contribution in [3.8, 4) is 0 Å². The van der Waals surface area contributed by atoms with Gasteiger partial charge in [-0.15, -0.1) is 12.4 Å². The van der Waals surface area contributed by atoms with Crippen LogP contribution >= 0.6 is 12.4 Å². The first-order valence-corrected chi connectivity index (χ1v) is 9.61. The van der Waals surface area contributed by atoms with Crippen LogP contribution in [-0.4, -0.2) is 4.65 Å². The van der Waals surface area contributed by atoms with E-state index < -0.39 is 0 Å². The van der Waals surface area contributed by atoms with Gasteiger partial charge in [0.1, 0.15) is 0 Å². The van der Waals surface area contributed by atoms with Crippen LogP contribution in [0.5, 0.6) is 0 Å². The molecule has 0 aromatic heterocycles. The Balaban J connectivity index is 0. The topological polar surface area (TPSA) is 17.1 Å². The summed E-state index contributed by atoms with van der Waals surface area (Å²) in [5.74, 6) is 0. The summed E-state index contributed by atoms with van der Waals surface area (Å²) in [7, 11) is 0. The molecule has 0 N–H and O–H groups in total. The molecular weight excluding hydrogens is 320 g/mol. The molecule has 0 aromatic rings. The molecule has 127 valence electrons. The average Bonchev–Trinajstić information content (AvgIpc) is 2.43. The van der Waals surface area contributed by atoms with E-state index in [1.165, 1.54) is 89.9 Å². The zero-order valence-electron chi connectivity index (χ0n) is 14.0. The summed E-state index contributed by atoms with van der Waals surface area (Å²) in [5.41, 5.74) is 0. The standard InChI is InChI=1S/C18H35O.ClH.Cr/c1-2-3-4-5-6-7-8-9-10-11-12-13-14-15-16-17-18-19;;/h2-17H2,1H3;1H;. The molecule has 0 saturated heterocycles. The number of unbranched alkanes of at least 4 members (excludes halogenated alkanes) is 14. The Bertz CT molecular complexity index is 209. The number of hydrogen-bond donors (Lipinski definition) is 0. The molecule has 0 spiro atoms. The van der Waals surface area contributed by atoms with Crippen molar-refractivity contribution < 1.29 is 21.1 Å². The summed E-state index contributed by atoms with van der Waals surface area (Å²) < 4.78 is 0.222. The quantitative estimate of drug-likeness (QED) is 0.280. The molecule has 0 bridgehead atoms. The molecule has 0 aliphatic carbocycles. The number of carbonyl (C=O) groups is 1. The summed E-state index contributed by atoms with van der Waals surface area (Å²) in [6, 6.07) is 0. The van der Waals surface area contributed by atoms with Crippen LogP contribution in [0.4, 0.5) is 0 Å². The van der Waals surface area contributed by atoms with Crippen molar-refractivity contribution in [3.63, 3.8) is 0 Å². The van der Waals surface area contributed by atoms with E-state index in [0.29, 0.717) is 0 Å². The van der Waals surface area contributed by atoms with Crippen LogP contribution in [0.25, 0.3) is 0 Å². The van der Waals surface area contributed by atoms with Crippen LogP contribution in [0.2, 0.25) is 0 Å². The fourth-order valence-corrected chi connectivity index (χ4v) is 2.87. The summed E-state index contributed by atoms with van der Waals surface area (Å²) >= 11 is 2.55. The Kier molecular flexibility index (Phi) is 23.2. The third kappa shape index (κ3) is 22.9. The van der Waals surface area contributed by atoms with Gasteiger partial charge in [0.2, 0.25) is 0 Å². The van der Waals surface area contributed by atoms with E-state index in [-0.39, 0.29) is 17.1 Å². The molecule has 0 aliphatic rings. The smallest absolute Gasteiger partial charge is 0.147 e. The molecule has 0 atom stereocenters. The Morgan fingerprint density at radius 1 is 0.619 bits per heavy atom. The minimum Gasteiger partial charge on any atom is -0.147 e. The van der Waals surface area contributed by atoms with E-state index in [1.54, 1.807) is 0 Å². The normalized spacial score (nSPS) is 10.3. The van der Waals surface area contributed by atoms with E-state index in [0.717, 1.165) is 12.8 Å². The minimum atomic E-state index is 0. The Morgan fingerprint density at radius 2 is 0.905 bits per heavy atom. The molecule has 0 heterocycles. The van der Waals surface area contributed by atoms with Crippen LogP contribution in [0.1, 0.15) is 110 Å². The molecule has 0 aromatic carbocycles. The van der Waals surface area contributed by atoms with Gasteiger partial charge in [-0.25, -0.2) is 0 Å². The zero-order chi connectivity index (χ0) is 14.9. The van der Waals surface area contributed by atoms with E-state index in [4.69, 9.17) is 0 Å². The van der Waals surface area contributed by atoms with Gasteiger partial charge in [0, 0.05) is 0 Å². The molecule has 0 aliphatic heterocycles. The van der Waals surface area contributed by atoms with Gasteiger partial charge >= 0.3 is 96.4 Å².